The average Bonchev–Trinajstić information content (AvgIpc) is 2.63. The molecule has 1 aromatic carbocycles. The largest absolute Gasteiger partial charge is 0.459 e. The number of rotatable bonds is 3. The number of furan rings is 1. The third-order valence-electron chi connectivity index (χ3n) is 2.73. The molecule has 15 heavy (non-hydrogen) atoms. The van der Waals surface area contributed by atoms with Gasteiger partial charge in [0, 0.05) is 5.39 Å². The van der Waals surface area contributed by atoms with Gasteiger partial charge in [0.2, 0.25) is 0 Å². The Bertz CT molecular complexity index is 459. The molecule has 0 saturated heterocycles. The molecule has 0 unspecified atom stereocenters. The van der Waals surface area contributed by atoms with Crippen molar-refractivity contribution in [2.75, 3.05) is 0 Å². The van der Waals surface area contributed by atoms with Crippen molar-refractivity contribution in [1.82, 2.24) is 0 Å². The summed E-state index contributed by atoms with van der Waals surface area (Å²) in [7, 11) is 0. The van der Waals surface area contributed by atoms with Crippen molar-refractivity contribution in [3.63, 3.8) is 0 Å². The van der Waals surface area contributed by atoms with Crippen LogP contribution in [-0.2, 0) is 0 Å². The quantitative estimate of drug-likeness (QED) is 0.828. The molecule has 0 bridgehead atoms. The van der Waals surface area contributed by atoms with Crippen LogP contribution in [-0.4, -0.2) is 0 Å². The summed E-state index contributed by atoms with van der Waals surface area (Å²) in [5.74, 6) is 0.904. The Morgan fingerprint density at radius 1 is 1.40 bits per heavy atom. The van der Waals surface area contributed by atoms with Crippen molar-refractivity contribution < 1.29 is 4.42 Å². The zero-order valence-corrected chi connectivity index (χ0v) is 9.29. The zero-order valence-electron chi connectivity index (χ0n) is 9.29. The lowest BCUT2D eigenvalue weighted by atomic mass is 10.1. The van der Waals surface area contributed by atoms with E-state index in [1.54, 1.807) is 0 Å². The van der Waals surface area contributed by atoms with E-state index in [1.807, 2.05) is 6.07 Å². The highest BCUT2D eigenvalue weighted by Gasteiger charge is 2.11. The molecule has 2 aromatic rings. The third kappa shape index (κ3) is 1.90. The van der Waals surface area contributed by atoms with E-state index in [0.29, 0.717) is 0 Å². The van der Waals surface area contributed by atoms with Gasteiger partial charge in [-0.1, -0.05) is 31.5 Å². The lowest BCUT2D eigenvalue weighted by Gasteiger charge is -2.05. The van der Waals surface area contributed by atoms with E-state index < -0.39 is 0 Å². The summed E-state index contributed by atoms with van der Waals surface area (Å²) < 4.78 is 5.79. The second-order valence-electron chi connectivity index (χ2n) is 4.04. The normalized spacial score (nSPS) is 13.3. The van der Waals surface area contributed by atoms with Gasteiger partial charge in [0.05, 0.1) is 6.04 Å². The van der Waals surface area contributed by atoms with Crippen molar-refractivity contribution in [2.45, 2.75) is 32.7 Å². The highest BCUT2D eigenvalue weighted by atomic mass is 16.3. The van der Waals surface area contributed by atoms with Crippen LogP contribution >= 0.6 is 0 Å². The van der Waals surface area contributed by atoms with E-state index >= 15 is 0 Å². The van der Waals surface area contributed by atoms with E-state index in [4.69, 9.17) is 10.2 Å². The molecule has 2 heteroatoms. The first kappa shape index (κ1) is 10.2. The minimum atomic E-state index is 0.0294. The highest BCUT2D eigenvalue weighted by molar-refractivity contribution is 5.80. The van der Waals surface area contributed by atoms with Gasteiger partial charge < -0.3 is 10.2 Å². The van der Waals surface area contributed by atoms with Crippen molar-refractivity contribution in [3.05, 3.63) is 35.6 Å². The van der Waals surface area contributed by atoms with Crippen LogP contribution in [0, 0.1) is 6.92 Å². The number of hydrogen-bond donors (Lipinski definition) is 1. The SMILES string of the molecule is CCC[C@@H](N)c1cc2cccc(C)c2o1. The summed E-state index contributed by atoms with van der Waals surface area (Å²) in [5, 5.41) is 1.15. The number of hydrogen-bond acceptors (Lipinski definition) is 2. The highest BCUT2D eigenvalue weighted by Crippen LogP contribution is 2.26. The number of benzene rings is 1. The Morgan fingerprint density at radius 3 is 2.87 bits per heavy atom. The molecule has 0 saturated carbocycles. The van der Waals surface area contributed by atoms with Gasteiger partial charge >= 0.3 is 0 Å². The molecule has 0 amide bonds. The maximum atomic E-state index is 6.03. The smallest absolute Gasteiger partial charge is 0.137 e. The Balaban J connectivity index is 2.43. The Kier molecular flexibility index (Phi) is 2.78. The maximum Gasteiger partial charge on any atom is 0.137 e. The van der Waals surface area contributed by atoms with Gasteiger partial charge in [-0.2, -0.15) is 0 Å². The summed E-state index contributed by atoms with van der Waals surface area (Å²) in [6.45, 7) is 4.19. The first-order valence-electron chi connectivity index (χ1n) is 5.47. The fraction of sp³-hybridized carbons (Fsp3) is 0.385. The molecule has 0 spiro atoms. The van der Waals surface area contributed by atoms with E-state index in [-0.39, 0.29) is 6.04 Å². The molecule has 0 aliphatic rings. The molecule has 1 heterocycles. The summed E-state index contributed by atoms with van der Waals surface area (Å²) in [5.41, 5.74) is 8.17. The van der Waals surface area contributed by atoms with E-state index in [2.05, 4.69) is 32.0 Å². The molecule has 2 N–H and O–H groups in total. The average molecular weight is 203 g/mol. The number of fused-ring (bicyclic) bond motifs is 1. The third-order valence-corrected chi connectivity index (χ3v) is 2.73. The van der Waals surface area contributed by atoms with Crippen LogP contribution in [0.25, 0.3) is 11.0 Å². The molecule has 80 valence electrons. The minimum absolute atomic E-state index is 0.0294. The van der Waals surface area contributed by atoms with Crippen LogP contribution in [0.5, 0.6) is 0 Å². The minimum Gasteiger partial charge on any atom is -0.459 e. The molecular weight excluding hydrogens is 186 g/mol. The fourth-order valence-electron chi connectivity index (χ4n) is 1.86. The molecule has 2 rings (SSSR count). The lowest BCUT2D eigenvalue weighted by molar-refractivity contribution is 0.474. The fourth-order valence-corrected chi connectivity index (χ4v) is 1.86. The lowest BCUT2D eigenvalue weighted by Crippen LogP contribution is -2.08. The number of nitrogens with two attached hydrogens (primary N) is 1. The number of para-hydroxylation sites is 1. The van der Waals surface area contributed by atoms with Crippen molar-refractivity contribution in [1.29, 1.82) is 0 Å². The molecule has 0 aliphatic heterocycles. The second kappa shape index (κ2) is 4.07. The van der Waals surface area contributed by atoms with Crippen LogP contribution < -0.4 is 5.73 Å². The summed E-state index contributed by atoms with van der Waals surface area (Å²) in [6, 6.07) is 8.25. The van der Waals surface area contributed by atoms with Gasteiger partial charge in [-0.15, -0.1) is 0 Å². The zero-order chi connectivity index (χ0) is 10.8. The van der Waals surface area contributed by atoms with Crippen LogP contribution in [0.2, 0.25) is 0 Å². The van der Waals surface area contributed by atoms with Gasteiger partial charge in [-0.25, -0.2) is 0 Å². The van der Waals surface area contributed by atoms with Crippen LogP contribution in [0.15, 0.2) is 28.7 Å². The van der Waals surface area contributed by atoms with E-state index in [9.17, 15) is 0 Å². The summed E-state index contributed by atoms with van der Waals surface area (Å²) in [6.07, 6.45) is 2.05. The Hall–Kier alpha value is -1.28. The molecular formula is C13H17NO. The van der Waals surface area contributed by atoms with E-state index in [0.717, 1.165) is 29.6 Å². The Morgan fingerprint density at radius 2 is 2.20 bits per heavy atom. The van der Waals surface area contributed by atoms with Gasteiger partial charge in [-0.3, -0.25) is 0 Å². The number of aryl methyl sites for hydroxylation is 1. The summed E-state index contributed by atoms with van der Waals surface area (Å²) >= 11 is 0. The molecule has 1 aromatic heterocycles. The van der Waals surface area contributed by atoms with Gasteiger partial charge in [0.15, 0.2) is 0 Å². The first-order chi connectivity index (χ1) is 7.22. The van der Waals surface area contributed by atoms with E-state index in [1.165, 1.54) is 5.56 Å². The van der Waals surface area contributed by atoms with Gasteiger partial charge in [0.25, 0.3) is 0 Å². The topological polar surface area (TPSA) is 39.2 Å². The van der Waals surface area contributed by atoms with Crippen LogP contribution in [0.4, 0.5) is 0 Å². The predicted octanol–water partition coefficient (Wildman–Crippen LogP) is 3.54. The van der Waals surface area contributed by atoms with Crippen molar-refractivity contribution in [2.24, 2.45) is 5.73 Å². The standard InChI is InChI=1S/C13H17NO/c1-3-5-11(14)12-8-10-7-4-6-9(2)13(10)15-12/h4,6-8,11H,3,5,14H2,1-2H3/t11-/m1/s1. The molecule has 0 fully saturated rings. The molecule has 0 aliphatic carbocycles. The van der Waals surface area contributed by atoms with Gasteiger partial charge in [-0.05, 0) is 25.0 Å². The summed E-state index contributed by atoms with van der Waals surface area (Å²) in [4.78, 5) is 0. The molecule has 0 radical (unpaired) electrons. The Labute approximate surface area is 90.1 Å². The maximum absolute atomic E-state index is 6.03. The van der Waals surface area contributed by atoms with Crippen molar-refractivity contribution >= 4 is 11.0 Å². The predicted molar refractivity (Wildman–Crippen MR) is 62.8 cm³/mol. The first-order valence-corrected chi connectivity index (χ1v) is 5.47. The van der Waals surface area contributed by atoms with Gasteiger partial charge in [0.1, 0.15) is 11.3 Å². The van der Waals surface area contributed by atoms with Crippen LogP contribution in [0.1, 0.15) is 37.1 Å². The molecule has 2 nitrogen and oxygen atoms in total. The second-order valence-corrected chi connectivity index (χ2v) is 4.04. The van der Waals surface area contributed by atoms with Crippen molar-refractivity contribution in [3.8, 4) is 0 Å². The monoisotopic (exact) mass is 203 g/mol. The molecule has 1 atom stereocenters. The van der Waals surface area contributed by atoms with Crippen LogP contribution in [0.3, 0.4) is 0 Å².